The summed E-state index contributed by atoms with van der Waals surface area (Å²) < 4.78 is 6.31. The maximum Gasteiger partial charge on any atom is 0.320 e. The summed E-state index contributed by atoms with van der Waals surface area (Å²) >= 11 is 5.91. The van der Waals surface area contributed by atoms with Gasteiger partial charge in [-0.15, -0.1) is 0 Å². The number of imidazole rings is 1. The van der Waals surface area contributed by atoms with Crippen LogP contribution in [0.3, 0.4) is 0 Å². The van der Waals surface area contributed by atoms with Crippen molar-refractivity contribution < 1.29 is 19.4 Å². The van der Waals surface area contributed by atoms with E-state index in [1.54, 1.807) is 11.5 Å². The number of carbonyl (C=O) groups is 2. The van der Waals surface area contributed by atoms with E-state index in [9.17, 15) is 9.59 Å². The zero-order valence-electron chi connectivity index (χ0n) is 11.7. The quantitative estimate of drug-likeness (QED) is 0.450. The summed E-state index contributed by atoms with van der Waals surface area (Å²) in [6.07, 6.45) is 1.47. The number of fused-ring (bicyclic) bond motifs is 1. The van der Waals surface area contributed by atoms with Gasteiger partial charge in [0.05, 0.1) is 12.9 Å². The minimum atomic E-state index is -1.26. The van der Waals surface area contributed by atoms with Crippen LogP contribution in [0.4, 0.5) is 5.95 Å². The first kappa shape index (κ1) is 16.0. The normalized spacial score (nSPS) is 12.3. The molecule has 1 atom stereocenters. The molecule has 1 unspecified atom stereocenters. The molecule has 0 spiro atoms. The lowest BCUT2D eigenvalue weighted by Crippen LogP contribution is -2.27. The second kappa shape index (κ2) is 6.56. The van der Waals surface area contributed by atoms with Crippen molar-refractivity contribution in [2.24, 2.45) is 5.92 Å². The summed E-state index contributed by atoms with van der Waals surface area (Å²) in [6.45, 7) is 1.93. The summed E-state index contributed by atoms with van der Waals surface area (Å²) in [5.74, 6) is -3.28. The Morgan fingerprint density at radius 2 is 2.23 bits per heavy atom. The van der Waals surface area contributed by atoms with Gasteiger partial charge in [0.15, 0.2) is 16.7 Å². The number of carboxylic acids is 1. The van der Waals surface area contributed by atoms with Crippen LogP contribution in [0.15, 0.2) is 6.33 Å². The molecule has 0 amide bonds. The first-order valence-electron chi connectivity index (χ1n) is 6.47. The Labute approximate surface area is 130 Å². The number of carbonyl (C=O) groups excluding carboxylic acids is 1. The number of nitrogens with zero attached hydrogens (tertiary/aromatic N) is 4. The van der Waals surface area contributed by atoms with Crippen LogP contribution in [-0.4, -0.2) is 43.2 Å². The standard InChI is InChI=1S/C12H14ClN5O4/c1-2-22-11(21)6(10(19)20)3-4-18-5-15-7-8(13)16-12(14)17-9(7)18/h5-6H,2-4H2,1H3,(H,19,20)(H2,14,16,17). The number of esters is 1. The van der Waals surface area contributed by atoms with E-state index < -0.39 is 17.9 Å². The molecule has 2 rings (SSSR count). The molecule has 2 heterocycles. The molecule has 0 radical (unpaired) electrons. The molecule has 10 heteroatoms. The summed E-state index contributed by atoms with van der Waals surface area (Å²) in [5.41, 5.74) is 6.27. The zero-order valence-corrected chi connectivity index (χ0v) is 12.4. The lowest BCUT2D eigenvalue weighted by molar-refractivity contribution is -0.158. The first-order chi connectivity index (χ1) is 10.4. The predicted molar refractivity (Wildman–Crippen MR) is 77.1 cm³/mol. The molecular formula is C12H14ClN5O4. The van der Waals surface area contributed by atoms with Crippen molar-refractivity contribution in [2.45, 2.75) is 19.9 Å². The van der Waals surface area contributed by atoms with Crippen molar-refractivity contribution >= 4 is 40.7 Å². The fourth-order valence-corrected chi connectivity index (χ4v) is 2.16. The fraction of sp³-hybridized carbons (Fsp3) is 0.417. The largest absolute Gasteiger partial charge is 0.481 e. The van der Waals surface area contributed by atoms with E-state index in [1.165, 1.54) is 6.33 Å². The van der Waals surface area contributed by atoms with Gasteiger partial charge in [-0.3, -0.25) is 9.59 Å². The number of aromatic nitrogens is 4. The number of anilines is 1. The number of aliphatic carboxylic acids is 1. The SMILES string of the molecule is CCOC(=O)C(CCn1cnc2c(Cl)nc(N)nc21)C(=O)O. The van der Waals surface area contributed by atoms with Gasteiger partial charge in [0.25, 0.3) is 0 Å². The second-order valence-electron chi connectivity index (χ2n) is 4.41. The minimum absolute atomic E-state index is 0.0144. The molecule has 0 bridgehead atoms. The highest BCUT2D eigenvalue weighted by Gasteiger charge is 2.27. The Bertz CT molecular complexity index is 717. The summed E-state index contributed by atoms with van der Waals surface area (Å²) in [4.78, 5) is 34.6. The number of nitrogens with two attached hydrogens (primary N) is 1. The first-order valence-corrected chi connectivity index (χ1v) is 6.85. The Hall–Kier alpha value is -2.42. The number of rotatable bonds is 6. The lowest BCUT2D eigenvalue weighted by Gasteiger charge is -2.11. The van der Waals surface area contributed by atoms with E-state index in [4.69, 9.17) is 27.2 Å². The van der Waals surface area contributed by atoms with E-state index >= 15 is 0 Å². The average Bonchev–Trinajstić information content (AvgIpc) is 2.82. The monoisotopic (exact) mass is 327 g/mol. The van der Waals surface area contributed by atoms with Gasteiger partial charge in [0.2, 0.25) is 5.95 Å². The van der Waals surface area contributed by atoms with Crippen LogP contribution in [0, 0.1) is 5.92 Å². The molecule has 2 aromatic heterocycles. The number of hydrogen-bond donors (Lipinski definition) is 2. The van der Waals surface area contributed by atoms with Gasteiger partial charge in [-0.25, -0.2) is 4.98 Å². The van der Waals surface area contributed by atoms with E-state index in [-0.39, 0.29) is 30.7 Å². The Kier molecular flexibility index (Phi) is 4.76. The number of carboxylic acid groups (broad SMARTS) is 1. The van der Waals surface area contributed by atoms with E-state index in [1.807, 2.05) is 0 Å². The van der Waals surface area contributed by atoms with Gasteiger partial charge >= 0.3 is 11.9 Å². The lowest BCUT2D eigenvalue weighted by atomic mass is 10.1. The van der Waals surface area contributed by atoms with Crippen LogP contribution in [0.1, 0.15) is 13.3 Å². The maximum absolute atomic E-state index is 11.6. The summed E-state index contributed by atoms with van der Waals surface area (Å²) in [6, 6.07) is 0. The highest BCUT2D eigenvalue weighted by atomic mass is 35.5. The van der Waals surface area contributed by atoms with Crippen molar-refractivity contribution in [2.75, 3.05) is 12.3 Å². The van der Waals surface area contributed by atoms with E-state index in [2.05, 4.69) is 15.0 Å². The molecule has 118 valence electrons. The molecule has 2 aromatic rings. The molecule has 0 aliphatic carbocycles. The highest BCUT2D eigenvalue weighted by Crippen LogP contribution is 2.20. The van der Waals surface area contributed by atoms with Gasteiger partial charge in [0.1, 0.15) is 5.52 Å². The molecule has 0 saturated carbocycles. The Morgan fingerprint density at radius 3 is 2.86 bits per heavy atom. The van der Waals surface area contributed by atoms with E-state index in [0.29, 0.717) is 11.2 Å². The predicted octanol–water partition coefficient (Wildman–Crippen LogP) is 0.716. The number of nitrogen functional groups attached to an aromatic ring is 1. The molecule has 0 saturated heterocycles. The number of ether oxygens (including phenoxy) is 1. The van der Waals surface area contributed by atoms with Gasteiger partial charge in [0, 0.05) is 6.54 Å². The molecule has 9 nitrogen and oxygen atoms in total. The van der Waals surface area contributed by atoms with Crippen molar-refractivity contribution in [3.8, 4) is 0 Å². The molecule has 0 fully saturated rings. The topological polar surface area (TPSA) is 133 Å². The van der Waals surface area contributed by atoms with Gasteiger partial charge in [-0.05, 0) is 13.3 Å². The third-order valence-electron chi connectivity index (χ3n) is 2.97. The van der Waals surface area contributed by atoms with Crippen molar-refractivity contribution in [3.63, 3.8) is 0 Å². The molecule has 22 heavy (non-hydrogen) atoms. The maximum atomic E-state index is 11.6. The molecular weight excluding hydrogens is 314 g/mol. The Balaban J connectivity index is 2.20. The smallest absolute Gasteiger partial charge is 0.320 e. The zero-order chi connectivity index (χ0) is 16.3. The van der Waals surface area contributed by atoms with Crippen LogP contribution in [0.5, 0.6) is 0 Å². The van der Waals surface area contributed by atoms with Crippen molar-refractivity contribution in [1.29, 1.82) is 0 Å². The minimum Gasteiger partial charge on any atom is -0.481 e. The summed E-state index contributed by atoms with van der Waals surface area (Å²) in [7, 11) is 0. The number of halogens is 1. The molecule has 3 N–H and O–H groups in total. The van der Waals surface area contributed by atoms with Crippen molar-refractivity contribution in [1.82, 2.24) is 19.5 Å². The Morgan fingerprint density at radius 1 is 1.50 bits per heavy atom. The van der Waals surface area contributed by atoms with Gasteiger partial charge in [-0.1, -0.05) is 11.6 Å². The van der Waals surface area contributed by atoms with Crippen LogP contribution in [-0.2, 0) is 20.9 Å². The molecule has 0 aromatic carbocycles. The highest BCUT2D eigenvalue weighted by molar-refractivity contribution is 6.33. The average molecular weight is 328 g/mol. The van der Waals surface area contributed by atoms with E-state index in [0.717, 1.165) is 0 Å². The van der Waals surface area contributed by atoms with Crippen molar-refractivity contribution in [3.05, 3.63) is 11.5 Å². The number of aryl methyl sites for hydroxylation is 1. The molecule has 0 aliphatic heterocycles. The van der Waals surface area contributed by atoms with Gasteiger partial charge in [-0.2, -0.15) is 9.97 Å². The molecule has 0 aliphatic rings. The fourth-order valence-electron chi connectivity index (χ4n) is 1.94. The number of hydrogen-bond acceptors (Lipinski definition) is 7. The van der Waals surface area contributed by atoms with Crippen LogP contribution >= 0.6 is 11.6 Å². The second-order valence-corrected chi connectivity index (χ2v) is 4.77. The third-order valence-corrected chi connectivity index (χ3v) is 3.23. The van der Waals surface area contributed by atoms with Crippen LogP contribution in [0.25, 0.3) is 11.2 Å². The third kappa shape index (κ3) is 3.25. The van der Waals surface area contributed by atoms with Gasteiger partial charge < -0.3 is 20.1 Å². The summed E-state index contributed by atoms with van der Waals surface area (Å²) in [5, 5.41) is 9.22. The van der Waals surface area contributed by atoms with Crippen LogP contribution in [0.2, 0.25) is 5.15 Å². The van der Waals surface area contributed by atoms with Crippen LogP contribution < -0.4 is 5.73 Å².